The van der Waals surface area contributed by atoms with Crippen molar-refractivity contribution in [2.24, 2.45) is 0 Å². The van der Waals surface area contributed by atoms with Gasteiger partial charge in [-0.05, 0) is 37.1 Å². The van der Waals surface area contributed by atoms with Gasteiger partial charge < -0.3 is 5.32 Å². The summed E-state index contributed by atoms with van der Waals surface area (Å²) in [5.41, 5.74) is 4.06. The third kappa shape index (κ3) is 2.45. The maximum absolute atomic E-state index is 6.22. The van der Waals surface area contributed by atoms with Crippen LogP contribution in [0.25, 0.3) is 22.3 Å². The molecular weight excluding hydrogens is 282 g/mol. The van der Waals surface area contributed by atoms with Crippen LogP contribution in [-0.2, 0) is 0 Å². The molecule has 0 atom stereocenters. The second-order valence-electron chi connectivity index (χ2n) is 5.08. The molecule has 0 fully saturated rings. The SMILES string of the molecule is CNc1nc(-c2ccc(C)c(Cl)c2)nc2c(C)cccc12. The van der Waals surface area contributed by atoms with Crippen LogP contribution in [-0.4, -0.2) is 17.0 Å². The predicted octanol–water partition coefficient (Wildman–Crippen LogP) is 4.61. The number of hydrogen-bond donors (Lipinski definition) is 1. The number of benzene rings is 2. The summed E-state index contributed by atoms with van der Waals surface area (Å²) in [5.74, 6) is 1.51. The maximum atomic E-state index is 6.22. The molecule has 0 unspecified atom stereocenters. The van der Waals surface area contributed by atoms with E-state index >= 15 is 0 Å². The number of para-hydroxylation sites is 1. The monoisotopic (exact) mass is 297 g/mol. The van der Waals surface area contributed by atoms with Gasteiger partial charge in [-0.2, -0.15) is 0 Å². The third-order valence-electron chi connectivity index (χ3n) is 3.60. The molecule has 2 aromatic carbocycles. The van der Waals surface area contributed by atoms with Gasteiger partial charge in [0.1, 0.15) is 5.82 Å². The van der Waals surface area contributed by atoms with Crippen LogP contribution in [0.4, 0.5) is 5.82 Å². The summed E-state index contributed by atoms with van der Waals surface area (Å²) in [6.45, 7) is 4.04. The molecule has 0 saturated heterocycles. The van der Waals surface area contributed by atoms with E-state index in [4.69, 9.17) is 16.6 Å². The molecule has 0 aliphatic carbocycles. The van der Waals surface area contributed by atoms with Gasteiger partial charge in [-0.3, -0.25) is 0 Å². The molecule has 3 rings (SSSR count). The number of hydrogen-bond acceptors (Lipinski definition) is 3. The maximum Gasteiger partial charge on any atom is 0.162 e. The molecule has 0 aliphatic heterocycles. The second kappa shape index (κ2) is 5.34. The van der Waals surface area contributed by atoms with Crippen LogP contribution in [0.5, 0.6) is 0 Å². The van der Waals surface area contributed by atoms with Gasteiger partial charge in [-0.25, -0.2) is 9.97 Å². The molecule has 0 bridgehead atoms. The van der Waals surface area contributed by atoms with Gasteiger partial charge in [-0.1, -0.05) is 35.9 Å². The van der Waals surface area contributed by atoms with Gasteiger partial charge >= 0.3 is 0 Å². The van der Waals surface area contributed by atoms with E-state index in [-0.39, 0.29) is 0 Å². The molecule has 106 valence electrons. The summed E-state index contributed by atoms with van der Waals surface area (Å²) in [6.07, 6.45) is 0. The minimum absolute atomic E-state index is 0.683. The summed E-state index contributed by atoms with van der Waals surface area (Å²) < 4.78 is 0. The molecule has 21 heavy (non-hydrogen) atoms. The molecule has 3 aromatic rings. The molecule has 0 spiro atoms. The molecule has 0 amide bonds. The number of nitrogens with zero attached hydrogens (tertiary/aromatic N) is 2. The molecule has 1 N–H and O–H groups in total. The summed E-state index contributed by atoms with van der Waals surface area (Å²) in [7, 11) is 1.87. The minimum Gasteiger partial charge on any atom is -0.373 e. The highest BCUT2D eigenvalue weighted by atomic mass is 35.5. The van der Waals surface area contributed by atoms with Crippen LogP contribution in [0.15, 0.2) is 36.4 Å². The number of halogens is 1. The number of anilines is 1. The Morgan fingerprint density at radius 2 is 1.81 bits per heavy atom. The van der Waals surface area contributed by atoms with Crippen molar-refractivity contribution in [2.75, 3.05) is 12.4 Å². The first-order chi connectivity index (χ1) is 10.1. The summed E-state index contributed by atoms with van der Waals surface area (Å²) >= 11 is 6.22. The summed E-state index contributed by atoms with van der Waals surface area (Å²) in [4.78, 5) is 9.34. The van der Waals surface area contributed by atoms with Crippen molar-refractivity contribution in [3.63, 3.8) is 0 Å². The quantitative estimate of drug-likeness (QED) is 0.750. The van der Waals surface area contributed by atoms with E-state index in [1.54, 1.807) is 0 Å². The number of nitrogens with one attached hydrogen (secondary N) is 1. The molecule has 0 saturated carbocycles. The van der Waals surface area contributed by atoms with Crippen LogP contribution in [0.3, 0.4) is 0 Å². The lowest BCUT2D eigenvalue weighted by Gasteiger charge is -2.10. The van der Waals surface area contributed by atoms with E-state index in [1.165, 1.54) is 0 Å². The van der Waals surface area contributed by atoms with E-state index < -0.39 is 0 Å². The van der Waals surface area contributed by atoms with Gasteiger partial charge in [0.15, 0.2) is 5.82 Å². The zero-order valence-electron chi connectivity index (χ0n) is 12.2. The average molecular weight is 298 g/mol. The van der Waals surface area contributed by atoms with Gasteiger partial charge in [0, 0.05) is 23.0 Å². The van der Waals surface area contributed by atoms with Crippen molar-refractivity contribution in [3.05, 3.63) is 52.5 Å². The Morgan fingerprint density at radius 1 is 1.00 bits per heavy atom. The summed E-state index contributed by atoms with van der Waals surface area (Å²) in [5, 5.41) is 4.91. The first kappa shape index (κ1) is 13.8. The fourth-order valence-electron chi connectivity index (χ4n) is 2.35. The zero-order valence-corrected chi connectivity index (χ0v) is 13.0. The Balaban J connectivity index is 2.28. The first-order valence-corrected chi connectivity index (χ1v) is 7.19. The minimum atomic E-state index is 0.683. The average Bonchev–Trinajstić information content (AvgIpc) is 2.49. The van der Waals surface area contributed by atoms with E-state index in [1.807, 2.05) is 44.3 Å². The lowest BCUT2D eigenvalue weighted by Crippen LogP contribution is -1.99. The van der Waals surface area contributed by atoms with Crippen LogP contribution >= 0.6 is 11.6 Å². The normalized spacial score (nSPS) is 10.9. The molecule has 0 aliphatic rings. The van der Waals surface area contributed by atoms with Crippen molar-refractivity contribution in [2.45, 2.75) is 13.8 Å². The highest BCUT2D eigenvalue weighted by molar-refractivity contribution is 6.31. The van der Waals surface area contributed by atoms with Gasteiger partial charge in [0.25, 0.3) is 0 Å². The van der Waals surface area contributed by atoms with Crippen molar-refractivity contribution >= 4 is 28.3 Å². The third-order valence-corrected chi connectivity index (χ3v) is 4.00. The molecule has 1 aromatic heterocycles. The molecule has 0 radical (unpaired) electrons. The number of fused-ring (bicyclic) bond motifs is 1. The number of aryl methyl sites for hydroxylation is 2. The van der Waals surface area contributed by atoms with Crippen LogP contribution < -0.4 is 5.32 Å². The second-order valence-corrected chi connectivity index (χ2v) is 5.49. The number of aromatic nitrogens is 2. The van der Waals surface area contributed by atoms with Crippen LogP contribution in [0, 0.1) is 13.8 Å². The highest BCUT2D eigenvalue weighted by Gasteiger charge is 2.10. The van der Waals surface area contributed by atoms with Crippen LogP contribution in [0.1, 0.15) is 11.1 Å². The van der Waals surface area contributed by atoms with Gasteiger partial charge in [-0.15, -0.1) is 0 Å². The van der Waals surface area contributed by atoms with E-state index in [9.17, 15) is 0 Å². The zero-order chi connectivity index (χ0) is 15.0. The molecule has 4 heteroatoms. The standard InChI is InChI=1S/C17H16ClN3/c1-10-7-8-12(9-14(10)18)16-20-15-11(2)5-4-6-13(15)17(19-3)21-16/h4-9H,1-3H3,(H,19,20,21). The Hall–Kier alpha value is -2.13. The molecule has 1 heterocycles. The van der Waals surface area contributed by atoms with E-state index in [0.717, 1.165) is 38.4 Å². The fourth-order valence-corrected chi connectivity index (χ4v) is 2.53. The van der Waals surface area contributed by atoms with Crippen molar-refractivity contribution in [1.82, 2.24) is 9.97 Å². The van der Waals surface area contributed by atoms with Crippen molar-refractivity contribution in [3.8, 4) is 11.4 Å². The van der Waals surface area contributed by atoms with Gasteiger partial charge in [0.05, 0.1) is 5.52 Å². The van der Waals surface area contributed by atoms with E-state index in [0.29, 0.717) is 5.82 Å². The Labute approximate surface area is 129 Å². The van der Waals surface area contributed by atoms with Crippen molar-refractivity contribution < 1.29 is 0 Å². The van der Waals surface area contributed by atoms with Crippen molar-refractivity contribution in [1.29, 1.82) is 0 Å². The predicted molar refractivity (Wildman–Crippen MR) is 89.0 cm³/mol. The Bertz CT molecular complexity index is 828. The fraction of sp³-hybridized carbons (Fsp3) is 0.176. The lowest BCUT2D eigenvalue weighted by molar-refractivity contribution is 1.20. The molecular formula is C17H16ClN3. The largest absolute Gasteiger partial charge is 0.373 e. The first-order valence-electron chi connectivity index (χ1n) is 6.82. The summed E-state index contributed by atoms with van der Waals surface area (Å²) in [6, 6.07) is 12.0. The highest BCUT2D eigenvalue weighted by Crippen LogP contribution is 2.28. The topological polar surface area (TPSA) is 37.8 Å². The lowest BCUT2D eigenvalue weighted by atomic mass is 10.1. The molecule has 3 nitrogen and oxygen atoms in total. The van der Waals surface area contributed by atoms with E-state index in [2.05, 4.69) is 23.3 Å². The van der Waals surface area contributed by atoms with Crippen LogP contribution in [0.2, 0.25) is 5.02 Å². The smallest absolute Gasteiger partial charge is 0.162 e. The number of rotatable bonds is 2. The Morgan fingerprint density at radius 3 is 2.52 bits per heavy atom. The van der Waals surface area contributed by atoms with Gasteiger partial charge in [0.2, 0.25) is 0 Å². The Kier molecular flexibility index (Phi) is 3.52.